The highest BCUT2D eigenvalue weighted by molar-refractivity contribution is 7.47. The van der Waals surface area contributed by atoms with Crippen LogP contribution in [0.3, 0.4) is 0 Å². The smallest absolute Gasteiger partial charge is 0.396 e. The summed E-state index contributed by atoms with van der Waals surface area (Å²) >= 11 is 0. The summed E-state index contributed by atoms with van der Waals surface area (Å²) in [6.45, 7) is -0.0779. The standard InChI is InChI=1S/C19H34N2O14P2/c1-19(35-37(28,29)32-12-6-4-10-23)14(13-33-36(26,27)31-11-5-3-9-22)34-17(16(19)30-2)21-8-7-15(24)20-18(21)25/h7-8,14,16-17,22-23H,3-6,9-13H2,1-2H3,(H,26,27)(H,28,29)(H,20,24,25)/t14-,16?,17-,19?/m1/s1. The third-order valence-corrected chi connectivity index (χ3v) is 7.58. The molecule has 37 heavy (non-hydrogen) atoms. The molecule has 5 N–H and O–H groups in total. The number of rotatable bonds is 17. The first-order valence-electron chi connectivity index (χ1n) is 11.4. The summed E-state index contributed by atoms with van der Waals surface area (Å²) in [4.78, 5) is 46.3. The first kappa shape index (κ1) is 32.0. The molecule has 1 aromatic rings. The molecule has 0 saturated carbocycles. The monoisotopic (exact) mass is 576 g/mol. The van der Waals surface area contributed by atoms with Gasteiger partial charge in [0.15, 0.2) is 6.23 Å². The van der Waals surface area contributed by atoms with Crippen LogP contribution >= 0.6 is 15.6 Å². The average molecular weight is 576 g/mol. The normalized spacial score (nSPS) is 27.1. The second-order valence-electron chi connectivity index (χ2n) is 8.22. The molecule has 2 heterocycles. The second-order valence-corrected chi connectivity index (χ2v) is 11.1. The van der Waals surface area contributed by atoms with Gasteiger partial charge in [0.2, 0.25) is 0 Å². The summed E-state index contributed by atoms with van der Waals surface area (Å²) in [6.07, 6.45) is -1.67. The van der Waals surface area contributed by atoms with E-state index >= 15 is 0 Å². The summed E-state index contributed by atoms with van der Waals surface area (Å²) in [7, 11) is -8.19. The highest BCUT2D eigenvalue weighted by Crippen LogP contribution is 2.54. The van der Waals surface area contributed by atoms with Crippen molar-refractivity contribution < 1.29 is 56.7 Å². The molecule has 4 unspecified atom stereocenters. The van der Waals surface area contributed by atoms with Gasteiger partial charge in [-0.15, -0.1) is 0 Å². The quantitative estimate of drug-likeness (QED) is 0.122. The predicted molar refractivity (Wildman–Crippen MR) is 126 cm³/mol. The number of hydrogen-bond donors (Lipinski definition) is 5. The van der Waals surface area contributed by atoms with Crippen molar-refractivity contribution in [1.29, 1.82) is 0 Å². The molecule has 0 spiro atoms. The lowest BCUT2D eigenvalue weighted by Crippen LogP contribution is -2.49. The van der Waals surface area contributed by atoms with E-state index in [1.165, 1.54) is 14.0 Å². The van der Waals surface area contributed by atoms with Gasteiger partial charge in [-0.2, -0.15) is 0 Å². The maximum atomic E-state index is 12.7. The number of ether oxygens (including phenoxy) is 2. The van der Waals surface area contributed by atoms with Gasteiger partial charge in [-0.3, -0.25) is 32.4 Å². The van der Waals surface area contributed by atoms with Crippen LogP contribution in [-0.2, 0) is 36.7 Å². The number of nitrogens with zero attached hydrogens (tertiary/aromatic N) is 1. The SMILES string of the molecule is COC1[C@H](n2ccc(=O)[nH]c2=O)O[C@H](COP(=O)(O)OCCCCO)C1(C)OP(=O)(O)OCCCCO. The molecule has 0 amide bonds. The molecule has 0 bridgehead atoms. The molecule has 1 aliphatic rings. The fourth-order valence-corrected chi connectivity index (χ4v) is 5.50. The largest absolute Gasteiger partial charge is 0.472 e. The molecular weight excluding hydrogens is 542 g/mol. The van der Waals surface area contributed by atoms with Crippen LogP contribution in [0.25, 0.3) is 0 Å². The van der Waals surface area contributed by atoms with Crippen LogP contribution < -0.4 is 11.2 Å². The lowest BCUT2D eigenvalue weighted by Gasteiger charge is -2.35. The summed E-state index contributed by atoms with van der Waals surface area (Å²) in [5.74, 6) is 0. The van der Waals surface area contributed by atoms with Crippen LogP contribution in [0.4, 0.5) is 0 Å². The van der Waals surface area contributed by atoms with Crippen LogP contribution in [0.1, 0.15) is 38.8 Å². The van der Waals surface area contributed by atoms with E-state index in [4.69, 9.17) is 37.8 Å². The van der Waals surface area contributed by atoms with Gasteiger partial charge in [-0.05, 0) is 32.6 Å². The Morgan fingerprint density at radius 3 is 2.16 bits per heavy atom. The van der Waals surface area contributed by atoms with Crippen molar-refractivity contribution in [2.75, 3.05) is 40.1 Å². The van der Waals surface area contributed by atoms with Gasteiger partial charge in [0.1, 0.15) is 17.8 Å². The Bertz CT molecular complexity index is 1060. The van der Waals surface area contributed by atoms with Gasteiger partial charge < -0.3 is 29.5 Å². The fourth-order valence-electron chi connectivity index (χ4n) is 3.61. The molecule has 2 rings (SSSR count). The predicted octanol–water partition coefficient (Wildman–Crippen LogP) is 0.0199. The fraction of sp³-hybridized carbons (Fsp3) is 0.789. The van der Waals surface area contributed by atoms with E-state index in [1.807, 2.05) is 0 Å². The highest BCUT2D eigenvalue weighted by atomic mass is 31.2. The van der Waals surface area contributed by atoms with Crippen molar-refractivity contribution in [2.45, 2.75) is 56.6 Å². The van der Waals surface area contributed by atoms with E-state index in [0.717, 1.165) is 16.8 Å². The Kier molecular flexibility index (Phi) is 12.3. The number of H-pyrrole nitrogens is 1. The number of aromatic nitrogens is 2. The van der Waals surface area contributed by atoms with Gasteiger partial charge >= 0.3 is 21.3 Å². The second kappa shape index (κ2) is 14.2. The summed E-state index contributed by atoms with van der Waals surface area (Å²) in [5.41, 5.74) is -3.45. The molecular formula is C19H34N2O14P2. The Balaban J connectivity index is 2.31. The third kappa shape index (κ3) is 9.17. The van der Waals surface area contributed by atoms with E-state index < -0.39 is 57.5 Å². The molecule has 214 valence electrons. The maximum absolute atomic E-state index is 12.7. The number of aliphatic hydroxyl groups excluding tert-OH is 2. The molecule has 1 fully saturated rings. The van der Waals surface area contributed by atoms with Crippen LogP contribution in [0.15, 0.2) is 21.9 Å². The minimum Gasteiger partial charge on any atom is -0.396 e. The number of methoxy groups -OCH3 is 1. The number of aliphatic hydroxyl groups is 2. The minimum absolute atomic E-state index is 0.126. The lowest BCUT2D eigenvalue weighted by molar-refractivity contribution is -0.0861. The van der Waals surface area contributed by atoms with Crippen LogP contribution in [0.2, 0.25) is 0 Å². The summed E-state index contributed by atoms with van der Waals surface area (Å²) in [5, 5.41) is 17.7. The Morgan fingerprint density at radius 2 is 1.62 bits per heavy atom. The van der Waals surface area contributed by atoms with Crippen LogP contribution in [0.5, 0.6) is 0 Å². The van der Waals surface area contributed by atoms with E-state index in [0.29, 0.717) is 12.8 Å². The molecule has 0 aliphatic carbocycles. The first-order chi connectivity index (χ1) is 17.4. The van der Waals surface area contributed by atoms with Crippen LogP contribution in [0, 0.1) is 0 Å². The number of unbranched alkanes of at least 4 members (excludes halogenated alkanes) is 2. The molecule has 0 radical (unpaired) electrons. The van der Waals surface area contributed by atoms with E-state index in [1.54, 1.807) is 0 Å². The van der Waals surface area contributed by atoms with Gasteiger partial charge in [0.25, 0.3) is 5.56 Å². The molecule has 0 aromatic carbocycles. The molecule has 18 heteroatoms. The van der Waals surface area contributed by atoms with Gasteiger partial charge in [-0.25, -0.2) is 13.9 Å². The molecule has 1 saturated heterocycles. The van der Waals surface area contributed by atoms with Crippen molar-refractivity contribution in [2.24, 2.45) is 0 Å². The highest BCUT2D eigenvalue weighted by Gasteiger charge is 2.59. The number of hydrogen-bond acceptors (Lipinski definition) is 12. The van der Waals surface area contributed by atoms with Crippen molar-refractivity contribution in [3.63, 3.8) is 0 Å². The van der Waals surface area contributed by atoms with E-state index in [2.05, 4.69) is 4.98 Å². The zero-order valence-electron chi connectivity index (χ0n) is 20.5. The summed E-state index contributed by atoms with van der Waals surface area (Å²) in [6, 6.07) is 1.04. The van der Waals surface area contributed by atoms with Crippen molar-refractivity contribution in [3.8, 4) is 0 Å². The van der Waals surface area contributed by atoms with Crippen molar-refractivity contribution in [1.82, 2.24) is 9.55 Å². The Morgan fingerprint density at radius 1 is 1.03 bits per heavy atom. The van der Waals surface area contributed by atoms with Gasteiger partial charge in [-0.1, -0.05) is 0 Å². The summed E-state index contributed by atoms with van der Waals surface area (Å²) < 4.78 is 57.6. The van der Waals surface area contributed by atoms with Gasteiger partial charge in [0.05, 0.1) is 19.8 Å². The molecule has 6 atom stereocenters. The average Bonchev–Trinajstić information content (AvgIpc) is 3.08. The van der Waals surface area contributed by atoms with Gasteiger partial charge in [0, 0.05) is 32.6 Å². The Hall–Kier alpha value is -1.26. The first-order valence-corrected chi connectivity index (χ1v) is 14.4. The number of aromatic amines is 1. The Labute approximate surface area is 212 Å². The van der Waals surface area contributed by atoms with E-state index in [9.17, 15) is 28.5 Å². The lowest BCUT2D eigenvalue weighted by atomic mass is 9.95. The third-order valence-electron chi connectivity index (χ3n) is 5.46. The number of phosphoric ester groups is 2. The number of phosphoric acid groups is 2. The van der Waals surface area contributed by atoms with Crippen molar-refractivity contribution >= 4 is 15.6 Å². The number of nitrogens with one attached hydrogen (secondary N) is 1. The van der Waals surface area contributed by atoms with Crippen molar-refractivity contribution in [3.05, 3.63) is 33.1 Å². The topological polar surface area (TPSA) is 225 Å². The van der Waals surface area contributed by atoms with E-state index in [-0.39, 0.29) is 39.3 Å². The maximum Gasteiger partial charge on any atom is 0.472 e. The molecule has 1 aliphatic heterocycles. The molecule has 16 nitrogen and oxygen atoms in total. The zero-order valence-corrected chi connectivity index (χ0v) is 22.3. The van der Waals surface area contributed by atoms with Crippen LogP contribution in [-0.4, -0.2) is 87.5 Å². The minimum atomic E-state index is -4.79. The zero-order chi connectivity index (χ0) is 27.7. The molecule has 1 aromatic heterocycles.